The van der Waals surface area contributed by atoms with Crippen molar-refractivity contribution in [3.05, 3.63) is 35.8 Å². The lowest BCUT2D eigenvalue weighted by atomic mass is 10.3. The van der Waals surface area contributed by atoms with E-state index < -0.39 is 0 Å². The third-order valence-corrected chi connectivity index (χ3v) is 1.72. The Balaban J connectivity index is 2.25. The van der Waals surface area contributed by atoms with Crippen molar-refractivity contribution < 1.29 is 5.12 Å². The van der Waals surface area contributed by atoms with Crippen molar-refractivity contribution in [2.45, 2.75) is 0 Å². The van der Waals surface area contributed by atoms with Crippen LogP contribution in [0.4, 0.5) is 5.69 Å². The Morgan fingerprint density at radius 1 is 1.33 bits per heavy atom. The van der Waals surface area contributed by atoms with Crippen LogP contribution in [0.2, 0.25) is 0 Å². The second kappa shape index (κ2) is 2.83. The molecule has 1 aliphatic heterocycles. The molecule has 4 heteroatoms. The molecule has 0 aromatic heterocycles. The molecule has 1 aromatic carbocycles. The second-order valence-electron chi connectivity index (χ2n) is 2.55. The van der Waals surface area contributed by atoms with E-state index in [1.54, 1.807) is 11.5 Å². The summed E-state index contributed by atoms with van der Waals surface area (Å²) < 4.78 is 0. The summed E-state index contributed by atoms with van der Waals surface area (Å²) in [6.45, 7) is 0. The molecule has 0 fully saturated rings. The summed E-state index contributed by atoms with van der Waals surface area (Å²) in [5.74, 6) is 0. The molecular weight excluding hydrogens is 152 g/mol. The molecule has 12 heavy (non-hydrogen) atoms. The van der Waals surface area contributed by atoms with Crippen LogP contribution in [0.15, 0.2) is 35.4 Å². The Bertz CT molecular complexity index is 282. The lowest BCUT2D eigenvalue weighted by Gasteiger charge is -2.24. The fraction of sp³-hybridized carbons (Fsp3) is 0.125. The SMILES string of the molecule is C[NH+]1[N-]C=NN1c1ccccc1. The van der Waals surface area contributed by atoms with Gasteiger partial charge in [-0.2, -0.15) is 10.2 Å². The van der Waals surface area contributed by atoms with Crippen LogP contribution in [0.1, 0.15) is 0 Å². The van der Waals surface area contributed by atoms with E-state index in [0.29, 0.717) is 0 Å². The molecule has 1 unspecified atom stereocenters. The molecule has 0 amide bonds. The lowest BCUT2D eigenvalue weighted by molar-refractivity contribution is -0.840. The van der Waals surface area contributed by atoms with Crippen LogP contribution < -0.4 is 10.2 Å². The molecule has 0 saturated carbocycles. The summed E-state index contributed by atoms with van der Waals surface area (Å²) in [6, 6.07) is 9.95. The number of hydrogen-bond donors (Lipinski definition) is 1. The maximum absolute atomic E-state index is 4.09. The minimum atomic E-state index is 0.904. The molecule has 1 aromatic rings. The van der Waals surface area contributed by atoms with Gasteiger partial charge in [0.2, 0.25) is 0 Å². The molecule has 0 spiro atoms. The van der Waals surface area contributed by atoms with Gasteiger partial charge in [0, 0.05) is 0 Å². The van der Waals surface area contributed by atoms with Gasteiger partial charge in [-0.3, -0.25) is 5.43 Å². The van der Waals surface area contributed by atoms with E-state index in [-0.39, 0.29) is 0 Å². The van der Waals surface area contributed by atoms with E-state index in [4.69, 9.17) is 0 Å². The van der Waals surface area contributed by atoms with E-state index in [9.17, 15) is 0 Å². The average molecular weight is 162 g/mol. The van der Waals surface area contributed by atoms with Crippen molar-refractivity contribution in [1.82, 2.24) is 0 Å². The van der Waals surface area contributed by atoms with Gasteiger partial charge >= 0.3 is 0 Å². The lowest BCUT2D eigenvalue weighted by Crippen LogP contribution is -3.10. The molecule has 62 valence electrons. The maximum Gasteiger partial charge on any atom is 0.0993 e. The van der Waals surface area contributed by atoms with Crippen LogP contribution in [0.3, 0.4) is 0 Å². The number of benzene rings is 1. The number of hydrazone groups is 1. The molecule has 0 aliphatic carbocycles. The van der Waals surface area contributed by atoms with Crippen LogP contribution in [0, 0.1) is 0 Å². The zero-order valence-electron chi connectivity index (χ0n) is 6.81. The van der Waals surface area contributed by atoms with Crippen LogP contribution in [0.25, 0.3) is 5.43 Å². The van der Waals surface area contributed by atoms with E-state index in [0.717, 1.165) is 10.8 Å². The maximum atomic E-state index is 4.09. The van der Waals surface area contributed by atoms with Crippen molar-refractivity contribution in [2.75, 3.05) is 12.2 Å². The van der Waals surface area contributed by atoms with E-state index in [1.165, 1.54) is 0 Å². The summed E-state index contributed by atoms with van der Waals surface area (Å²) in [4.78, 5) is 0. The fourth-order valence-electron chi connectivity index (χ4n) is 1.12. The summed E-state index contributed by atoms with van der Waals surface area (Å²) >= 11 is 0. The van der Waals surface area contributed by atoms with Gasteiger partial charge < -0.3 is 5.10 Å². The molecule has 1 aliphatic rings. The minimum Gasteiger partial charge on any atom is -0.328 e. The van der Waals surface area contributed by atoms with Crippen LogP contribution in [-0.2, 0) is 0 Å². The molecule has 1 N–H and O–H groups in total. The van der Waals surface area contributed by atoms with Gasteiger partial charge in [0.15, 0.2) is 0 Å². The Morgan fingerprint density at radius 2 is 2.08 bits per heavy atom. The largest absolute Gasteiger partial charge is 0.328 e. The predicted octanol–water partition coefficient (Wildman–Crippen LogP) is 0.168. The van der Waals surface area contributed by atoms with Crippen molar-refractivity contribution in [3.63, 3.8) is 0 Å². The molecule has 0 bridgehead atoms. The van der Waals surface area contributed by atoms with Crippen LogP contribution >= 0.6 is 0 Å². The highest BCUT2D eigenvalue weighted by molar-refractivity contribution is 5.70. The first kappa shape index (κ1) is 7.12. The molecule has 2 rings (SSSR count). The number of nitrogens with zero attached hydrogens (tertiary/aromatic N) is 3. The molecule has 0 saturated heterocycles. The molecule has 0 radical (unpaired) electrons. The summed E-state index contributed by atoms with van der Waals surface area (Å²) in [5, 5.41) is 6.80. The summed E-state index contributed by atoms with van der Waals surface area (Å²) in [5.41, 5.74) is 5.09. The fourth-order valence-corrected chi connectivity index (χ4v) is 1.12. The number of para-hydroxylation sites is 1. The molecule has 1 heterocycles. The summed E-state index contributed by atoms with van der Waals surface area (Å²) in [6.07, 6.45) is 1.56. The quantitative estimate of drug-likeness (QED) is 0.627. The number of anilines is 1. The average Bonchev–Trinajstić information content (AvgIpc) is 2.53. The van der Waals surface area contributed by atoms with Crippen LogP contribution in [0.5, 0.6) is 0 Å². The smallest absolute Gasteiger partial charge is 0.0993 e. The zero-order chi connectivity index (χ0) is 8.39. The second-order valence-corrected chi connectivity index (χ2v) is 2.55. The monoisotopic (exact) mass is 162 g/mol. The first-order valence-electron chi connectivity index (χ1n) is 3.80. The van der Waals surface area contributed by atoms with Gasteiger partial charge in [0.25, 0.3) is 0 Å². The van der Waals surface area contributed by atoms with E-state index in [2.05, 4.69) is 10.5 Å². The Morgan fingerprint density at radius 3 is 2.67 bits per heavy atom. The van der Waals surface area contributed by atoms with Gasteiger partial charge in [0.05, 0.1) is 12.7 Å². The molecule has 4 nitrogen and oxygen atoms in total. The van der Waals surface area contributed by atoms with Gasteiger partial charge in [-0.25, -0.2) is 0 Å². The first-order chi connectivity index (χ1) is 5.88. The van der Waals surface area contributed by atoms with Gasteiger partial charge in [-0.15, -0.1) is 0 Å². The first-order valence-corrected chi connectivity index (χ1v) is 3.80. The normalized spacial score (nSPS) is 21.1. The third-order valence-electron chi connectivity index (χ3n) is 1.72. The molecule has 1 atom stereocenters. The van der Waals surface area contributed by atoms with Gasteiger partial charge in [-0.05, 0) is 18.5 Å². The number of hydrogen-bond acceptors (Lipinski definition) is 2. The highest BCUT2D eigenvalue weighted by Gasteiger charge is 2.09. The van der Waals surface area contributed by atoms with E-state index >= 15 is 0 Å². The highest BCUT2D eigenvalue weighted by atomic mass is 15.9. The van der Waals surface area contributed by atoms with E-state index in [1.807, 2.05) is 37.4 Å². The van der Waals surface area contributed by atoms with Crippen LogP contribution in [-0.4, -0.2) is 13.4 Å². The summed E-state index contributed by atoms with van der Waals surface area (Å²) in [7, 11) is 1.93. The molecular formula is C8H10N4. The number of rotatable bonds is 1. The number of nitrogens with one attached hydrogen (secondary N) is 1. The zero-order valence-corrected chi connectivity index (χ0v) is 6.81. The predicted molar refractivity (Wildman–Crippen MR) is 47.7 cm³/mol. The van der Waals surface area contributed by atoms with Crippen molar-refractivity contribution in [3.8, 4) is 0 Å². The van der Waals surface area contributed by atoms with Gasteiger partial charge in [0.1, 0.15) is 0 Å². The topological polar surface area (TPSA) is 34.1 Å². The standard InChI is InChI=1S/C8H10N4/c1-11-9-7-10-12(11)8-5-3-2-4-6-8/h2-7,11H,1H3. The van der Waals surface area contributed by atoms with Crippen molar-refractivity contribution in [1.29, 1.82) is 0 Å². The third kappa shape index (κ3) is 1.12. The van der Waals surface area contributed by atoms with Crippen molar-refractivity contribution in [2.24, 2.45) is 5.10 Å². The minimum absolute atomic E-state index is 0.904. The number of quaternary nitrogens is 1. The van der Waals surface area contributed by atoms with Gasteiger partial charge in [-0.1, -0.05) is 18.2 Å². The highest BCUT2D eigenvalue weighted by Crippen LogP contribution is 2.10. The Labute approximate surface area is 71.0 Å². The van der Waals surface area contributed by atoms with Crippen molar-refractivity contribution >= 4 is 12.0 Å². The Hall–Kier alpha value is -1.55. The Kier molecular flexibility index (Phi) is 1.68.